The highest BCUT2D eigenvalue weighted by Gasteiger charge is 2.26. The van der Waals surface area contributed by atoms with Gasteiger partial charge in [0.1, 0.15) is 11.6 Å². The van der Waals surface area contributed by atoms with Crippen molar-refractivity contribution in [3.63, 3.8) is 0 Å². The lowest BCUT2D eigenvalue weighted by Gasteiger charge is -2.31. The molecule has 1 aliphatic rings. The monoisotopic (exact) mass is 446 g/mol. The van der Waals surface area contributed by atoms with E-state index in [4.69, 9.17) is 4.74 Å². The maximum Gasteiger partial charge on any atom is 0.228 e. The first-order chi connectivity index (χ1) is 16.2. The van der Waals surface area contributed by atoms with E-state index in [9.17, 15) is 4.79 Å². The molecule has 1 fully saturated rings. The van der Waals surface area contributed by atoms with Gasteiger partial charge in [-0.1, -0.05) is 43.7 Å². The van der Waals surface area contributed by atoms with E-state index in [1.165, 1.54) is 6.42 Å². The summed E-state index contributed by atoms with van der Waals surface area (Å²) in [4.78, 5) is 23.5. The maximum atomic E-state index is 13.2. The van der Waals surface area contributed by atoms with E-state index in [2.05, 4.69) is 27.1 Å². The van der Waals surface area contributed by atoms with Crippen LogP contribution in [0.4, 0.5) is 5.69 Å². The highest BCUT2D eigenvalue weighted by atomic mass is 16.5. The molecule has 1 amide bonds. The molecule has 6 heteroatoms. The van der Waals surface area contributed by atoms with Crippen LogP contribution in [0.5, 0.6) is 5.75 Å². The molecule has 4 rings (SSSR count). The van der Waals surface area contributed by atoms with Crippen LogP contribution in [0.3, 0.4) is 0 Å². The van der Waals surface area contributed by atoms with Gasteiger partial charge in [-0.05, 0) is 49.6 Å². The minimum Gasteiger partial charge on any atom is -0.497 e. The van der Waals surface area contributed by atoms with Crippen molar-refractivity contribution in [2.75, 3.05) is 25.5 Å². The lowest BCUT2D eigenvalue weighted by molar-refractivity contribution is -0.121. The number of hydrogen-bond acceptors (Lipinski definition) is 4. The van der Waals surface area contributed by atoms with Crippen molar-refractivity contribution in [2.24, 2.45) is 5.92 Å². The molecular weight excluding hydrogens is 412 g/mol. The molecule has 2 N–H and O–H groups in total. The lowest BCUT2D eigenvalue weighted by atomic mass is 9.96. The molecular formula is C27H34N4O2. The van der Waals surface area contributed by atoms with Gasteiger partial charge >= 0.3 is 0 Å². The Bertz CT molecular complexity index is 1040. The Hall–Kier alpha value is -3.12. The molecule has 174 valence electrons. The molecule has 1 aromatic heterocycles. The molecule has 1 atom stereocenters. The topological polar surface area (TPSA) is 70.2 Å². The van der Waals surface area contributed by atoms with E-state index >= 15 is 0 Å². The fraction of sp³-hybridized carbons (Fsp3) is 0.407. The third-order valence-electron chi connectivity index (χ3n) is 6.30. The molecule has 1 aliphatic heterocycles. The first-order valence-electron chi connectivity index (χ1n) is 12.0. The molecule has 1 saturated heterocycles. The molecule has 0 radical (unpaired) electrons. The zero-order chi connectivity index (χ0) is 23.0. The van der Waals surface area contributed by atoms with Gasteiger partial charge in [0.25, 0.3) is 0 Å². The summed E-state index contributed by atoms with van der Waals surface area (Å²) >= 11 is 0. The number of aromatic amines is 1. The van der Waals surface area contributed by atoms with Crippen LogP contribution in [0.15, 0.2) is 54.7 Å². The first-order valence-corrected chi connectivity index (χ1v) is 12.0. The summed E-state index contributed by atoms with van der Waals surface area (Å²) in [7, 11) is 1.66. The molecule has 0 bridgehead atoms. The Kier molecular flexibility index (Phi) is 7.79. The Morgan fingerprint density at radius 3 is 2.82 bits per heavy atom. The van der Waals surface area contributed by atoms with E-state index in [1.807, 2.05) is 54.7 Å². The number of H-pyrrole nitrogens is 1. The van der Waals surface area contributed by atoms with Crippen LogP contribution in [0.25, 0.3) is 11.1 Å². The van der Waals surface area contributed by atoms with Gasteiger partial charge in [-0.15, -0.1) is 0 Å². The number of rotatable bonds is 9. The number of benzene rings is 2. The fourth-order valence-corrected chi connectivity index (χ4v) is 4.46. The number of hydrogen-bond donors (Lipinski definition) is 2. The number of ether oxygens (including phenoxy) is 1. The average molecular weight is 447 g/mol. The minimum absolute atomic E-state index is 0.0230. The van der Waals surface area contributed by atoms with Crippen LogP contribution < -0.4 is 10.1 Å². The molecule has 2 heterocycles. The zero-order valence-corrected chi connectivity index (χ0v) is 19.6. The van der Waals surface area contributed by atoms with Crippen LogP contribution in [-0.2, 0) is 17.8 Å². The van der Waals surface area contributed by atoms with Gasteiger partial charge in [-0.2, -0.15) is 0 Å². The van der Waals surface area contributed by atoms with Crippen LogP contribution >= 0.6 is 0 Å². The number of piperidine rings is 1. The second-order valence-corrected chi connectivity index (χ2v) is 8.80. The second kappa shape index (κ2) is 11.1. The van der Waals surface area contributed by atoms with Gasteiger partial charge in [0.2, 0.25) is 5.91 Å². The van der Waals surface area contributed by atoms with Gasteiger partial charge in [0.15, 0.2) is 0 Å². The smallest absolute Gasteiger partial charge is 0.228 e. The standard InChI is InChI=1S/C27H34N4O2/c1-3-4-11-26-28-17-22(29-26)19-31-16-7-8-21(18-31)27(32)30-25-10-6-5-9-24(25)20-12-14-23(33-2)15-13-20/h5-6,9-10,12-15,17,21H,3-4,7-8,11,16,18-19H2,1-2H3,(H,28,29)(H,30,32)/t21-/m0/s1. The maximum absolute atomic E-state index is 13.2. The Morgan fingerprint density at radius 2 is 2.03 bits per heavy atom. The Labute approximate surface area is 196 Å². The van der Waals surface area contributed by atoms with E-state index in [-0.39, 0.29) is 11.8 Å². The number of amides is 1. The molecule has 0 spiro atoms. The first kappa shape index (κ1) is 23.1. The number of imidazole rings is 1. The normalized spacial score (nSPS) is 16.5. The number of carbonyl (C=O) groups excluding carboxylic acids is 1. The zero-order valence-electron chi connectivity index (χ0n) is 19.6. The van der Waals surface area contributed by atoms with Crippen LogP contribution in [0.1, 0.15) is 44.1 Å². The fourth-order valence-electron chi connectivity index (χ4n) is 4.46. The number of likely N-dealkylation sites (tertiary alicyclic amines) is 1. The molecule has 0 saturated carbocycles. The van der Waals surface area contributed by atoms with E-state index in [0.29, 0.717) is 0 Å². The number of anilines is 1. The highest BCUT2D eigenvalue weighted by Crippen LogP contribution is 2.30. The van der Waals surface area contributed by atoms with Gasteiger partial charge in [-0.25, -0.2) is 4.98 Å². The summed E-state index contributed by atoms with van der Waals surface area (Å²) in [5.74, 6) is 1.95. The van der Waals surface area contributed by atoms with Crippen molar-refractivity contribution < 1.29 is 9.53 Å². The number of carbonyl (C=O) groups is 1. The number of aryl methyl sites for hydroxylation is 1. The number of nitrogens with zero attached hydrogens (tertiary/aromatic N) is 2. The summed E-state index contributed by atoms with van der Waals surface area (Å²) in [5, 5.41) is 3.20. The predicted molar refractivity (Wildman–Crippen MR) is 132 cm³/mol. The summed E-state index contributed by atoms with van der Waals surface area (Å²) in [6.07, 6.45) is 7.19. The van der Waals surface area contributed by atoms with Crippen LogP contribution in [-0.4, -0.2) is 41.0 Å². The Morgan fingerprint density at radius 1 is 1.21 bits per heavy atom. The molecule has 2 aromatic carbocycles. The predicted octanol–water partition coefficient (Wildman–Crippen LogP) is 5.28. The van der Waals surface area contributed by atoms with Gasteiger partial charge in [0, 0.05) is 42.7 Å². The van der Waals surface area contributed by atoms with Gasteiger partial charge < -0.3 is 15.0 Å². The number of para-hydroxylation sites is 1. The number of nitrogens with one attached hydrogen (secondary N) is 2. The third kappa shape index (κ3) is 6.02. The summed E-state index contributed by atoms with van der Waals surface area (Å²) in [5.41, 5.74) is 4.04. The second-order valence-electron chi connectivity index (χ2n) is 8.80. The summed E-state index contributed by atoms with van der Waals surface area (Å²) < 4.78 is 5.27. The van der Waals surface area contributed by atoms with Crippen molar-refractivity contribution in [1.29, 1.82) is 0 Å². The average Bonchev–Trinajstić information content (AvgIpc) is 3.30. The minimum atomic E-state index is -0.0230. The van der Waals surface area contributed by atoms with Crippen LogP contribution in [0.2, 0.25) is 0 Å². The third-order valence-corrected chi connectivity index (χ3v) is 6.30. The van der Waals surface area contributed by atoms with Crippen LogP contribution in [0, 0.1) is 5.92 Å². The van der Waals surface area contributed by atoms with E-state index < -0.39 is 0 Å². The molecule has 0 unspecified atom stereocenters. The van der Waals surface area contributed by atoms with Crippen molar-refractivity contribution >= 4 is 11.6 Å². The van der Waals surface area contributed by atoms with Crippen molar-refractivity contribution in [2.45, 2.75) is 45.6 Å². The quantitative estimate of drug-likeness (QED) is 0.469. The lowest BCUT2D eigenvalue weighted by Crippen LogP contribution is -2.40. The number of unbranched alkanes of at least 4 members (excludes halogenated alkanes) is 1. The number of aromatic nitrogens is 2. The molecule has 0 aliphatic carbocycles. The molecule has 33 heavy (non-hydrogen) atoms. The number of methoxy groups -OCH3 is 1. The van der Waals surface area contributed by atoms with Crippen molar-refractivity contribution in [3.8, 4) is 16.9 Å². The molecule has 6 nitrogen and oxygen atoms in total. The van der Waals surface area contributed by atoms with E-state index in [1.54, 1.807) is 7.11 Å². The molecule has 3 aromatic rings. The van der Waals surface area contributed by atoms with Crippen molar-refractivity contribution in [1.82, 2.24) is 14.9 Å². The Balaban J connectivity index is 1.39. The highest BCUT2D eigenvalue weighted by molar-refractivity contribution is 5.97. The summed E-state index contributed by atoms with van der Waals surface area (Å²) in [6.45, 7) is 4.78. The largest absolute Gasteiger partial charge is 0.497 e. The van der Waals surface area contributed by atoms with Gasteiger partial charge in [0.05, 0.1) is 13.0 Å². The van der Waals surface area contributed by atoms with E-state index in [0.717, 1.165) is 79.4 Å². The SMILES string of the molecule is CCCCc1ncc(CN2CCC[C@H](C(=O)Nc3ccccc3-c3ccc(OC)cc3)C2)[nH]1. The van der Waals surface area contributed by atoms with Crippen molar-refractivity contribution in [3.05, 3.63) is 66.2 Å². The summed E-state index contributed by atoms with van der Waals surface area (Å²) in [6, 6.07) is 15.9. The van der Waals surface area contributed by atoms with Gasteiger partial charge in [-0.3, -0.25) is 9.69 Å².